The molecule has 12 heavy (non-hydrogen) atoms. The van der Waals surface area contributed by atoms with E-state index in [9.17, 15) is 4.79 Å². The molecule has 3 heteroatoms. The number of aliphatic carboxylic acids is 1. The Labute approximate surface area is 72.9 Å². The molecule has 70 valence electrons. The third kappa shape index (κ3) is 1.33. The van der Waals surface area contributed by atoms with Gasteiger partial charge in [-0.1, -0.05) is 13.3 Å². The molecule has 0 aromatic heterocycles. The molecule has 0 aromatic rings. The topological polar surface area (TPSA) is 63.3 Å². The molecule has 0 bridgehead atoms. The van der Waals surface area contributed by atoms with Crippen LogP contribution in [-0.4, -0.2) is 17.1 Å². The zero-order valence-electron chi connectivity index (χ0n) is 7.71. The van der Waals surface area contributed by atoms with Crippen molar-refractivity contribution in [3.63, 3.8) is 0 Å². The van der Waals surface area contributed by atoms with Gasteiger partial charge < -0.3 is 10.8 Å². The van der Waals surface area contributed by atoms with E-state index >= 15 is 0 Å². The van der Waals surface area contributed by atoms with Gasteiger partial charge in [-0.15, -0.1) is 0 Å². The molecule has 0 aromatic carbocycles. The highest BCUT2D eigenvalue weighted by Crippen LogP contribution is 2.41. The standard InChI is InChI=1S/C9H17NO2/c1-3-6-4-7(10)9(2,5-6)8(11)12/h6-7H,3-5,10H2,1-2H3,(H,11,12). The maximum absolute atomic E-state index is 10.9. The third-order valence-electron chi connectivity index (χ3n) is 3.18. The molecule has 0 saturated heterocycles. The van der Waals surface area contributed by atoms with Crippen LogP contribution in [0.3, 0.4) is 0 Å². The number of hydrogen-bond donors (Lipinski definition) is 2. The molecule has 3 N–H and O–H groups in total. The lowest BCUT2D eigenvalue weighted by atomic mass is 9.85. The fourth-order valence-corrected chi connectivity index (χ4v) is 2.01. The molecule has 0 amide bonds. The number of carboxylic acid groups (broad SMARTS) is 1. The average Bonchev–Trinajstić information content (AvgIpc) is 2.29. The quantitative estimate of drug-likeness (QED) is 0.656. The summed E-state index contributed by atoms with van der Waals surface area (Å²) in [5.74, 6) is -0.243. The van der Waals surface area contributed by atoms with Gasteiger partial charge in [0.05, 0.1) is 5.41 Å². The molecule has 1 fully saturated rings. The second-order valence-electron chi connectivity index (χ2n) is 4.04. The van der Waals surface area contributed by atoms with Gasteiger partial charge in [0.2, 0.25) is 0 Å². The fraction of sp³-hybridized carbons (Fsp3) is 0.889. The van der Waals surface area contributed by atoms with Gasteiger partial charge in [-0.05, 0) is 25.7 Å². The minimum atomic E-state index is -0.744. The van der Waals surface area contributed by atoms with Crippen LogP contribution in [0.1, 0.15) is 33.1 Å². The van der Waals surface area contributed by atoms with Crippen molar-refractivity contribution in [3.05, 3.63) is 0 Å². The fourth-order valence-electron chi connectivity index (χ4n) is 2.01. The van der Waals surface area contributed by atoms with Gasteiger partial charge in [0.1, 0.15) is 0 Å². The molecule has 3 unspecified atom stereocenters. The zero-order chi connectivity index (χ0) is 9.35. The van der Waals surface area contributed by atoms with Crippen LogP contribution in [0.15, 0.2) is 0 Å². The van der Waals surface area contributed by atoms with Gasteiger partial charge in [-0.25, -0.2) is 0 Å². The van der Waals surface area contributed by atoms with Gasteiger partial charge in [-0.3, -0.25) is 4.79 Å². The van der Waals surface area contributed by atoms with Crippen LogP contribution < -0.4 is 5.73 Å². The van der Waals surface area contributed by atoms with Crippen molar-refractivity contribution in [3.8, 4) is 0 Å². The first-order valence-corrected chi connectivity index (χ1v) is 4.49. The van der Waals surface area contributed by atoms with Gasteiger partial charge in [-0.2, -0.15) is 0 Å². The minimum absolute atomic E-state index is 0.167. The Kier molecular flexibility index (Phi) is 2.42. The number of rotatable bonds is 2. The highest BCUT2D eigenvalue weighted by atomic mass is 16.4. The second kappa shape index (κ2) is 3.05. The highest BCUT2D eigenvalue weighted by molar-refractivity contribution is 5.75. The molecule has 1 rings (SSSR count). The van der Waals surface area contributed by atoms with Crippen molar-refractivity contribution in [1.82, 2.24) is 0 Å². The van der Waals surface area contributed by atoms with E-state index in [2.05, 4.69) is 6.92 Å². The Morgan fingerprint density at radius 2 is 2.33 bits per heavy atom. The monoisotopic (exact) mass is 171 g/mol. The van der Waals surface area contributed by atoms with Crippen molar-refractivity contribution < 1.29 is 9.90 Å². The Balaban J connectivity index is 2.74. The van der Waals surface area contributed by atoms with Crippen molar-refractivity contribution >= 4 is 5.97 Å². The largest absolute Gasteiger partial charge is 0.481 e. The van der Waals surface area contributed by atoms with E-state index in [0.29, 0.717) is 5.92 Å². The predicted molar refractivity (Wildman–Crippen MR) is 46.7 cm³/mol. The summed E-state index contributed by atoms with van der Waals surface area (Å²) < 4.78 is 0. The van der Waals surface area contributed by atoms with Gasteiger partial charge in [0.25, 0.3) is 0 Å². The molecule has 1 aliphatic carbocycles. The van der Waals surface area contributed by atoms with Crippen molar-refractivity contribution in [2.75, 3.05) is 0 Å². The van der Waals surface area contributed by atoms with Gasteiger partial charge in [0.15, 0.2) is 0 Å². The lowest BCUT2D eigenvalue weighted by Gasteiger charge is -2.23. The molecule has 1 aliphatic rings. The van der Waals surface area contributed by atoms with E-state index in [-0.39, 0.29) is 6.04 Å². The Bertz CT molecular complexity index is 193. The smallest absolute Gasteiger partial charge is 0.310 e. The Morgan fingerprint density at radius 3 is 2.58 bits per heavy atom. The van der Waals surface area contributed by atoms with Crippen LogP contribution in [0.2, 0.25) is 0 Å². The van der Waals surface area contributed by atoms with E-state index in [1.165, 1.54) is 0 Å². The van der Waals surface area contributed by atoms with Crippen molar-refractivity contribution in [2.24, 2.45) is 17.1 Å². The first kappa shape index (κ1) is 9.52. The summed E-state index contributed by atoms with van der Waals surface area (Å²) in [6.07, 6.45) is 2.63. The number of carboxylic acids is 1. The van der Waals surface area contributed by atoms with Crippen LogP contribution >= 0.6 is 0 Å². The van der Waals surface area contributed by atoms with Crippen molar-refractivity contribution in [2.45, 2.75) is 39.2 Å². The lowest BCUT2D eigenvalue weighted by Crippen LogP contribution is -2.40. The van der Waals surface area contributed by atoms with Crippen LogP contribution in [0.25, 0.3) is 0 Å². The van der Waals surface area contributed by atoms with E-state index in [4.69, 9.17) is 10.8 Å². The first-order valence-electron chi connectivity index (χ1n) is 4.49. The van der Waals surface area contributed by atoms with Crippen LogP contribution in [-0.2, 0) is 4.79 Å². The maximum atomic E-state index is 10.9. The molecule has 3 nitrogen and oxygen atoms in total. The lowest BCUT2D eigenvalue weighted by molar-refractivity contribution is -0.148. The average molecular weight is 171 g/mol. The number of hydrogen-bond acceptors (Lipinski definition) is 2. The van der Waals surface area contributed by atoms with Gasteiger partial charge >= 0.3 is 5.97 Å². The zero-order valence-corrected chi connectivity index (χ0v) is 7.71. The summed E-state index contributed by atoms with van der Waals surface area (Å²) in [5, 5.41) is 8.98. The van der Waals surface area contributed by atoms with Crippen LogP contribution in [0, 0.1) is 11.3 Å². The molecule has 1 saturated carbocycles. The van der Waals surface area contributed by atoms with E-state index < -0.39 is 11.4 Å². The molecule has 0 spiro atoms. The van der Waals surface area contributed by atoms with Crippen LogP contribution in [0.5, 0.6) is 0 Å². The molecule has 0 aliphatic heterocycles. The minimum Gasteiger partial charge on any atom is -0.481 e. The molecule has 3 atom stereocenters. The van der Waals surface area contributed by atoms with E-state index in [1.807, 2.05) is 0 Å². The summed E-state index contributed by atoms with van der Waals surface area (Å²) in [4.78, 5) is 10.9. The first-order chi connectivity index (χ1) is 5.50. The third-order valence-corrected chi connectivity index (χ3v) is 3.18. The Hall–Kier alpha value is -0.570. The van der Waals surface area contributed by atoms with E-state index in [1.54, 1.807) is 6.92 Å². The molecular formula is C9H17NO2. The number of carbonyl (C=O) groups is 1. The van der Waals surface area contributed by atoms with E-state index in [0.717, 1.165) is 19.3 Å². The normalized spacial score (nSPS) is 41.6. The predicted octanol–water partition coefficient (Wildman–Crippen LogP) is 1.22. The summed E-state index contributed by atoms with van der Waals surface area (Å²) in [5.41, 5.74) is 5.12. The summed E-state index contributed by atoms with van der Waals surface area (Å²) >= 11 is 0. The Morgan fingerprint density at radius 1 is 1.75 bits per heavy atom. The van der Waals surface area contributed by atoms with Gasteiger partial charge in [0, 0.05) is 6.04 Å². The SMILES string of the molecule is CCC1CC(N)C(C)(C(=O)O)C1. The maximum Gasteiger partial charge on any atom is 0.310 e. The summed E-state index contributed by atoms with van der Waals surface area (Å²) in [6.45, 7) is 3.85. The summed E-state index contributed by atoms with van der Waals surface area (Å²) in [6, 6.07) is -0.167. The molecule has 0 heterocycles. The number of nitrogens with two attached hydrogens (primary N) is 1. The van der Waals surface area contributed by atoms with Crippen molar-refractivity contribution in [1.29, 1.82) is 0 Å². The molecular weight excluding hydrogens is 154 g/mol. The summed E-state index contributed by atoms with van der Waals surface area (Å²) in [7, 11) is 0. The molecule has 0 radical (unpaired) electrons. The second-order valence-corrected chi connectivity index (χ2v) is 4.04. The van der Waals surface area contributed by atoms with Crippen LogP contribution in [0.4, 0.5) is 0 Å². The highest BCUT2D eigenvalue weighted by Gasteiger charge is 2.46.